The number of rotatable bonds is 11. The molecule has 1 fully saturated rings. The van der Waals surface area contributed by atoms with Crippen LogP contribution in [-0.2, 0) is 16.6 Å². The molecule has 4 rings (SSSR count). The Morgan fingerprint density at radius 3 is 2.25 bits per heavy atom. The molecule has 10 nitrogen and oxygen atoms in total. The maximum absolute atomic E-state index is 13.1. The molecule has 214 valence electrons. The van der Waals surface area contributed by atoms with Crippen molar-refractivity contribution >= 4 is 27.4 Å². The van der Waals surface area contributed by atoms with Crippen LogP contribution in [0, 0.1) is 0 Å². The third kappa shape index (κ3) is 8.85. The van der Waals surface area contributed by atoms with Gasteiger partial charge in [-0.25, -0.2) is 13.2 Å². The molecule has 2 heterocycles. The lowest BCUT2D eigenvalue weighted by Gasteiger charge is -2.34. The lowest BCUT2D eigenvalue weighted by Crippen LogP contribution is -2.49. The maximum Gasteiger partial charge on any atom is 0.322 e. The van der Waals surface area contributed by atoms with Gasteiger partial charge in [0.15, 0.2) is 0 Å². The topological polar surface area (TPSA) is 124 Å². The van der Waals surface area contributed by atoms with E-state index >= 15 is 0 Å². The van der Waals surface area contributed by atoms with Gasteiger partial charge in [0.1, 0.15) is 11.5 Å². The molecule has 3 aromatic rings. The maximum atomic E-state index is 13.1. The fourth-order valence-electron chi connectivity index (χ4n) is 4.58. The summed E-state index contributed by atoms with van der Waals surface area (Å²) in [6.45, 7) is 5.25. The lowest BCUT2D eigenvalue weighted by molar-refractivity contribution is 0.188. The Bertz CT molecular complexity index is 1400. The smallest absolute Gasteiger partial charge is 0.322 e. The van der Waals surface area contributed by atoms with Crippen LogP contribution in [0.2, 0.25) is 0 Å². The number of aromatic nitrogens is 1. The van der Waals surface area contributed by atoms with Gasteiger partial charge in [-0.2, -0.15) is 0 Å². The predicted octanol–water partition coefficient (Wildman–Crippen LogP) is 4.52. The average molecular weight is 568 g/mol. The number of piperidine rings is 1. The molecule has 1 aromatic heterocycles. The lowest BCUT2D eigenvalue weighted by atomic mass is 10.0. The van der Waals surface area contributed by atoms with Gasteiger partial charge in [-0.3, -0.25) is 19.3 Å². The SMILES string of the molecule is CCCCN(C(=O)NC1CCN(Cc2ccc(Oc3ccc(NS(C)(=O)=O)cc3)cc2)CC1)c1ccc(=O)[nH]c1. The normalized spacial score (nSPS) is 14.4. The number of benzene rings is 2. The number of anilines is 2. The molecule has 1 saturated heterocycles. The fourth-order valence-corrected chi connectivity index (χ4v) is 5.15. The van der Waals surface area contributed by atoms with Gasteiger partial charge in [0, 0.05) is 50.2 Å². The van der Waals surface area contributed by atoms with Crippen LogP contribution < -0.4 is 25.2 Å². The van der Waals surface area contributed by atoms with Crippen molar-refractivity contribution in [2.45, 2.75) is 45.2 Å². The van der Waals surface area contributed by atoms with Gasteiger partial charge in [-0.15, -0.1) is 0 Å². The van der Waals surface area contributed by atoms with E-state index in [1.165, 1.54) is 11.6 Å². The van der Waals surface area contributed by atoms with Crippen molar-refractivity contribution < 1.29 is 17.9 Å². The first-order chi connectivity index (χ1) is 19.2. The van der Waals surface area contributed by atoms with Crippen LogP contribution in [0.25, 0.3) is 0 Å². The van der Waals surface area contributed by atoms with Crippen molar-refractivity contribution in [2.24, 2.45) is 0 Å². The molecule has 0 spiro atoms. The number of aromatic amines is 1. The number of amides is 2. The summed E-state index contributed by atoms with van der Waals surface area (Å²) in [6, 6.07) is 17.8. The number of unbranched alkanes of at least 4 members (excludes halogenated alkanes) is 1. The summed E-state index contributed by atoms with van der Waals surface area (Å²) in [5.74, 6) is 1.31. The number of urea groups is 1. The molecule has 1 aliphatic heterocycles. The van der Waals surface area contributed by atoms with Crippen LogP contribution in [0.3, 0.4) is 0 Å². The van der Waals surface area contributed by atoms with Gasteiger partial charge in [0.25, 0.3) is 0 Å². The molecule has 1 aliphatic rings. The van der Waals surface area contributed by atoms with Crippen molar-refractivity contribution in [3.8, 4) is 11.5 Å². The van der Waals surface area contributed by atoms with Crippen molar-refractivity contribution in [3.63, 3.8) is 0 Å². The molecular formula is C29H37N5O5S. The van der Waals surface area contributed by atoms with Crippen LogP contribution >= 0.6 is 0 Å². The van der Waals surface area contributed by atoms with E-state index in [0.29, 0.717) is 29.4 Å². The second-order valence-electron chi connectivity index (χ2n) is 10.1. The number of hydrogen-bond donors (Lipinski definition) is 3. The summed E-state index contributed by atoms with van der Waals surface area (Å²) < 4.78 is 31.0. The fraction of sp³-hybridized carbons (Fsp3) is 0.379. The molecule has 0 atom stereocenters. The van der Waals surface area contributed by atoms with Crippen LogP contribution in [0.5, 0.6) is 11.5 Å². The molecule has 0 unspecified atom stereocenters. The zero-order chi connectivity index (χ0) is 28.5. The van der Waals surface area contributed by atoms with Gasteiger partial charge < -0.3 is 15.0 Å². The van der Waals surface area contributed by atoms with E-state index in [0.717, 1.165) is 51.6 Å². The van der Waals surface area contributed by atoms with Crippen LogP contribution in [0.15, 0.2) is 71.7 Å². The average Bonchev–Trinajstić information content (AvgIpc) is 2.92. The van der Waals surface area contributed by atoms with E-state index in [2.05, 4.69) is 26.8 Å². The van der Waals surface area contributed by atoms with Crippen molar-refractivity contribution in [2.75, 3.05) is 35.5 Å². The molecule has 2 aromatic carbocycles. The number of pyridine rings is 1. The third-order valence-electron chi connectivity index (χ3n) is 6.70. The van der Waals surface area contributed by atoms with Crippen LogP contribution in [0.4, 0.5) is 16.2 Å². The van der Waals surface area contributed by atoms with Gasteiger partial charge >= 0.3 is 6.03 Å². The summed E-state index contributed by atoms with van der Waals surface area (Å²) in [7, 11) is -3.32. The molecule has 0 radical (unpaired) electrons. The second-order valence-corrected chi connectivity index (χ2v) is 11.8. The van der Waals surface area contributed by atoms with Gasteiger partial charge in [-0.05, 0) is 67.3 Å². The number of hydrogen-bond acceptors (Lipinski definition) is 6. The van der Waals surface area contributed by atoms with E-state index in [1.807, 2.05) is 24.3 Å². The monoisotopic (exact) mass is 567 g/mol. The molecule has 0 saturated carbocycles. The Morgan fingerprint density at radius 1 is 1.02 bits per heavy atom. The Balaban J connectivity index is 1.24. The van der Waals surface area contributed by atoms with Gasteiger partial charge in [0.2, 0.25) is 15.6 Å². The van der Waals surface area contributed by atoms with E-state index in [4.69, 9.17) is 4.74 Å². The largest absolute Gasteiger partial charge is 0.457 e. The molecule has 40 heavy (non-hydrogen) atoms. The van der Waals surface area contributed by atoms with Crippen molar-refractivity contribution in [3.05, 3.63) is 82.8 Å². The van der Waals surface area contributed by atoms with E-state index in [1.54, 1.807) is 41.4 Å². The zero-order valence-electron chi connectivity index (χ0n) is 22.9. The molecule has 3 N–H and O–H groups in total. The minimum atomic E-state index is -3.32. The second kappa shape index (κ2) is 13.5. The van der Waals surface area contributed by atoms with Gasteiger partial charge in [0.05, 0.1) is 11.9 Å². The van der Waals surface area contributed by atoms with Crippen LogP contribution in [0.1, 0.15) is 38.2 Å². The Kier molecular flexibility index (Phi) is 9.84. The highest BCUT2D eigenvalue weighted by Gasteiger charge is 2.24. The molecule has 0 bridgehead atoms. The van der Waals surface area contributed by atoms with Crippen molar-refractivity contribution in [1.82, 2.24) is 15.2 Å². The van der Waals surface area contributed by atoms with Crippen LogP contribution in [-0.4, -0.2) is 56.3 Å². The summed E-state index contributed by atoms with van der Waals surface area (Å²) in [6.07, 6.45) is 6.28. The first-order valence-electron chi connectivity index (χ1n) is 13.5. The number of nitrogens with one attached hydrogen (secondary N) is 3. The molecule has 11 heteroatoms. The van der Waals surface area contributed by atoms with Gasteiger partial charge in [-0.1, -0.05) is 25.5 Å². The number of sulfonamides is 1. The number of H-pyrrole nitrogens is 1. The highest BCUT2D eigenvalue weighted by atomic mass is 32.2. The molecule has 0 aliphatic carbocycles. The highest BCUT2D eigenvalue weighted by Crippen LogP contribution is 2.24. The summed E-state index contributed by atoms with van der Waals surface area (Å²) >= 11 is 0. The zero-order valence-corrected chi connectivity index (χ0v) is 23.7. The third-order valence-corrected chi connectivity index (χ3v) is 7.30. The highest BCUT2D eigenvalue weighted by molar-refractivity contribution is 7.92. The quantitative estimate of drug-likeness (QED) is 0.313. The summed E-state index contributed by atoms with van der Waals surface area (Å²) in [5.41, 5.74) is 2.16. The number of likely N-dealkylation sites (tertiary alicyclic amines) is 1. The molecular weight excluding hydrogens is 530 g/mol. The Morgan fingerprint density at radius 2 is 1.68 bits per heavy atom. The summed E-state index contributed by atoms with van der Waals surface area (Å²) in [4.78, 5) is 31.3. The Hall–Kier alpha value is -3.83. The number of nitrogens with zero attached hydrogens (tertiary/aromatic N) is 2. The number of carbonyl (C=O) groups excluding carboxylic acids is 1. The first-order valence-corrected chi connectivity index (χ1v) is 15.4. The van der Waals surface area contributed by atoms with E-state index in [-0.39, 0.29) is 17.6 Å². The summed E-state index contributed by atoms with van der Waals surface area (Å²) in [5, 5.41) is 3.19. The number of ether oxygens (including phenoxy) is 1. The first kappa shape index (κ1) is 29.2. The minimum absolute atomic E-state index is 0.102. The predicted molar refractivity (Wildman–Crippen MR) is 158 cm³/mol. The van der Waals surface area contributed by atoms with E-state index < -0.39 is 10.0 Å². The van der Waals surface area contributed by atoms with E-state index in [9.17, 15) is 18.0 Å². The minimum Gasteiger partial charge on any atom is -0.457 e. The standard InChI is InChI=1S/C29H37N5O5S/c1-3-4-17-34(25-9-14-28(35)30-20-25)29(36)31-23-15-18-33(19-16-23)21-22-5-10-26(11-6-22)39-27-12-7-24(8-13-27)32-40(2,37)38/h5-14,20,23,32H,3-4,15-19,21H2,1-2H3,(H,30,35)(H,31,36). The molecule has 2 amide bonds. The van der Waals surface area contributed by atoms with Crippen molar-refractivity contribution in [1.29, 1.82) is 0 Å². The number of carbonyl (C=O) groups is 1. The Labute approximate surface area is 235 Å².